The average molecular weight is 336 g/mol. The molecule has 0 aliphatic rings. The molecule has 2 N–H and O–H groups in total. The summed E-state index contributed by atoms with van der Waals surface area (Å²) in [5.41, 5.74) is 1.92. The van der Waals surface area contributed by atoms with Gasteiger partial charge in [-0.05, 0) is 26.7 Å². The highest BCUT2D eigenvalue weighted by molar-refractivity contribution is 7.09. The van der Waals surface area contributed by atoms with Gasteiger partial charge >= 0.3 is 6.03 Å². The van der Waals surface area contributed by atoms with Crippen LogP contribution in [0.4, 0.5) is 4.79 Å². The van der Waals surface area contributed by atoms with Crippen LogP contribution in [-0.4, -0.2) is 16.2 Å². The molecular formula is C16H24N4O2S. The number of aromatic nitrogens is 2. The minimum atomic E-state index is -0.245. The smallest absolute Gasteiger partial charge is 0.315 e. The minimum Gasteiger partial charge on any atom is -0.359 e. The number of hydrogen-bond donors (Lipinski definition) is 2. The Morgan fingerprint density at radius 2 is 2.13 bits per heavy atom. The zero-order valence-corrected chi connectivity index (χ0v) is 14.9. The van der Waals surface area contributed by atoms with Crippen LogP contribution in [0.1, 0.15) is 67.7 Å². The zero-order chi connectivity index (χ0) is 16.8. The van der Waals surface area contributed by atoms with Gasteiger partial charge in [-0.25, -0.2) is 9.78 Å². The summed E-state index contributed by atoms with van der Waals surface area (Å²) in [4.78, 5) is 16.3. The van der Waals surface area contributed by atoms with Gasteiger partial charge in [0.25, 0.3) is 0 Å². The number of hydrogen-bond acceptors (Lipinski definition) is 5. The summed E-state index contributed by atoms with van der Waals surface area (Å²) >= 11 is 1.54. The maximum absolute atomic E-state index is 12.0. The number of nitrogens with zero attached hydrogens (tertiary/aromatic N) is 2. The summed E-state index contributed by atoms with van der Waals surface area (Å²) in [6, 6.07) is 1.56. The van der Waals surface area contributed by atoms with E-state index in [1.165, 1.54) is 0 Å². The van der Waals surface area contributed by atoms with E-state index in [1.807, 2.05) is 25.3 Å². The molecule has 2 aromatic rings. The predicted octanol–water partition coefficient (Wildman–Crippen LogP) is 3.90. The molecule has 2 aromatic heterocycles. The first-order chi connectivity index (χ1) is 11.0. The fraction of sp³-hybridized carbons (Fsp3) is 0.562. The molecule has 0 aliphatic heterocycles. The molecule has 2 heterocycles. The molecule has 0 saturated heterocycles. The summed E-state index contributed by atoms with van der Waals surface area (Å²) in [7, 11) is 0. The lowest BCUT2D eigenvalue weighted by Gasteiger charge is -2.11. The van der Waals surface area contributed by atoms with Crippen LogP contribution in [0.3, 0.4) is 0 Å². The Hall–Kier alpha value is -1.89. The van der Waals surface area contributed by atoms with Gasteiger partial charge in [0.2, 0.25) is 0 Å². The van der Waals surface area contributed by atoms with Gasteiger partial charge in [-0.3, -0.25) is 0 Å². The van der Waals surface area contributed by atoms with Crippen LogP contribution in [0, 0.1) is 6.92 Å². The van der Waals surface area contributed by atoms with E-state index in [1.54, 1.807) is 11.3 Å². The Morgan fingerprint density at radius 1 is 1.39 bits per heavy atom. The molecule has 126 valence electrons. The Balaban J connectivity index is 1.82. The summed E-state index contributed by atoms with van der Waals surface area (Å²) < 4.78 is 5.29. The molecule has 0 aromatic carbocycles. The maximum atomic E-state index is 12.0. The van der Waals surface area contributed by atoms with Crippen LogP contribution in [0.25, 0.3) is 0 Å². The van der Waals surface area contributed by atoms with Crippen LogP contribution >= 0.6 is 11.3 Å². The van der Waals surface area contributed by atoms with Gasteiger partial charge in [0.05, 0.1) is 18.3 Å². The summed E-state index contributed by atoms with van der Waals surface area (Å²) in [6.45, 7) is 8.44. The van der Waals surface area contributed by atoms with E-state index in [4.69, 9.17) is 4.52 Å². The molecule has 0 fully saturated rings. The van der Waals surface area contributed by atoms with E-state index in [0.29, 0.717) is 18.2 Å². The molecule has 0 spiro atoms. The molecule has 2 rings (SSSR count). The Labute approximate surface area is 140 Å². The first kappa shape index (κ1) is 17.5. The van der Waals surface area contributed by atoms with Crippen molar-refractivity contribution in [3.8, 4) is 0 Å². The number of amides is 2. The number of rotatable bonds is 7. The second-order valence-electron chi connectivity index (χ2n) is 5.61. The highest BCUT2D eigenvalue weighted by Crippen LogP contribution is 2.22. The molecular weight excluding hydrogens is 312 g/mol. The molecule has 6 nitrogen and oxygen atoms in total. The van der Waals surface area contributed by atoms with Crippen molar-refractivity contribution in [2.45, 2.75) is 59.0 Å². The van der Waals surface area contributed by atoms with E-state index >= 15 is 0 Å². The van der Waals surface area contributed by atoms with Crippen molar-refractivity contribution in [2.24, 2.45) is 0 Å². The van der Waals surface area contributed by atoms with Gasteiger partial charge in [-0.2, -0.15) is 0 Å². The fourth-order valence-electron chi connectivity index (χ4n) is 2.36. The van der Waals surface area contributed by atoms with E-state index in [2.05, 4.69) is 34.6 Å². The molecule has 0 aliphatic carbocycles. The highest BCUT2D eigenvalue weighted by Gasteiger charge is 2.15. The summed E-state index contributed by atoms with van der Waals surface area (Å²) in [6.07, 6.45) is 2.06. The predicted molar refractivity (Wildman–Crippen MR) is 90.5 cm³/mol. The monoisotopic (exact) mass is 336 g/mol. The number of carbonyl (C=O) groups excluding carboxylic acids is 1. The summed E-state index contributed by atoms with van der Waals surface area (Å²) in [5.74, 6) is 1.08. The fourth-order valence-corrected chi connectivity index (χ4v) is 3.16. The van der Waals surface area contributed by atoms with Crippen molar-refractivity contribution in [2.75, 3.05) is 0 Å². The third-order valence-electron chi connectivity index (χ3n) is 3.76. The van der Waals surface area contributed by atoms with Crippen LogP contribution in [0.15, 0.2) is 16.0 Å². The van der Waals surface area contributed by atoms with E-state index in [-0.39, 0.29) is 12.1 Å². The van der Waals surface area contributed by atoms with Gasteiger partial charge in [0, 0.05) is 23.1 Å². The van der Waals surface area contributed by atoms with E-state index in [0.717, 1.165) is 29.2 Å². The molecule has 1 unspecified atom stereocenters. The number of carbonyl (C=O) groups is 1. The van der Waals surface area contributed by atoms with Crippen LogP contribution in [0.2, 0.25) is 0 Å². The van der Waals surface area contributed by atoms with Crippen molar-refractivity contribution < 1.29 is 9.32 Å². The Bertz CT molecular complexity index is 634. The number of urea groups is 1. The largest absolute Gasteiger partial charge is 0.359 e. The first-order valence-corrected chi connectivity index (χ1v) is 8.83. The van der Waals surface area contributed by atoms with Gasteiger partial charge in [-0.15, -0.1) is 11.3 Å². The van der Waals surface area contributed by atoms with Crippen LogP contribution in [-0.2, 0) is 6.54 Å². The van der Waals surface area contributed by atoms with Gasteiger partial charge in [0.1, 0.15) is 5.01 Å². The van der Waals surface area contributed by atoms with Crippen molar-refractivity contribution >= 4 is 17.4 Å². The number of aryl methyl sites for hydroxylation is 1. The second kappa shape index (κ2) is 8.10. The van der Waals surface area contributed by atoms with Crippen molar-refractivity contribution in [3.63, 3.8) is 0 Å². The molecule has 2 amide bonds. The Morgan fingerprint density at radius 3 is 2.74 bits per heavy atom. The number of thiazole rings is 1. The van der Waals surface area contributed by atoms with Crippen molar-refractivity contribution in [3.05, 3.63) is 33.6 Å². The van der Waals surface area contributed by atoms with Gasteiger partial charge in [-0.1, -0.05) is 19.0 Å². The molecule has 0 radical (unpaired) electrons. The molecule has 1 atom stereocenters. The van der Waals surface area contributed by atoms with Crippen LogP contribution < -0.4 is 10.6 Å². The lowest BCUT2D eigenvalue weighted by atomic mass is 9.99. The molecule has 0 bridgehead atoms. The van der Waals surface area contributed by atoms with Gasteiger partial charge in [0.15, 0.2) is 5.76 Å². The topological polar surface area (TPSA) is 80.0 Å². The second-order valence-corrected chi connectivity index (χ2v) is 6.50. The third kappa shape index (κ3) is 4.79. The lowest BCUT2D eigenvalue weighted by molar-refractivity contribution is 0.235. The van der Waals surface area contributed by atoms with Gasteiger partial charge < -0.3 is 15.2 Å². The molecule has 0 saturated carbocycles. The molecule has 23 heavy (non-hydrogen) atoms. The summed E-state index contributed by atoms with van der Waals surface area (Å²) in [5, 5.41) is 12.6. The lowest BCUT2D eigenvalue weighted by Crippen LogP contribution is -2.36. The SMILES string of the molecule is CCC(CC)c1cc(CNC(=O)NC(C)c2nc(C)cs2)on1. The zero-order valence-electron chi connectivity index (χ0n) is 14.0. The average Bonchev–Trinajstić information content (AvgIpc) is 3.16. The third-order valence-corrected chi connectivity index (χ3v) is 4.90. The highest BCUT2D eigenvalue weighted by atomic mass is 32.1. The van der Waals surface area contributed by atoms with Crippen molar-refractivity contribution in [1.82, 2.24) is 20.8 Å². The van der Waals surface area contributed by atoms with Crippen LogP contribution in [0.5, 0.6) is 0 Å². The van der Waals surface area contributed by atoms with Crippen molar-refractivity contribution in [1.29, 1.82) is 0 Å². The Kier molecular flexibility index (Phi) is 6.15. The number of nitrogens with one attached hydrogen (secondary N) is 2. The maximum Gasteiger partial charge on any atom is 0.315 e. The van der Waals surface area contributed by atoms with E-state index < -0.39 is 0 Å². The minimum absolute atomic E-state index is 0.122. The standard InChI is InChI=1S/C16H24N4O2S/c1-5-12(6-2)14-7-13(22-20-14)8-17-16(21)19-11(4)15-18-10(3)9-23-15/h7,9,11-12H,5-6,8H2,1-4H3,(H2,17,19,21). The first-order valence-electron chi connectivity index (χ1n) is 7.95. The quantitative estimate of drug-likeness (QED) is 0.803. The van der Waals surface area contributed by atoms with E-state index in [9.17, 15) is 4.79 Å². The molecule has 7 heteroatoms. The normalized spacial score (nSPS) is 12.4.